The summed E-state index contributed by atoms with van der Waals surface area (Å²) in [6, 6.07) is 8.91. The van der Waals surface area contributed by atoms with Crippen LogP contribution in [-0.2, 0) is 4.74 Å². The molecule has 0 unspecified atom stereocenters. The third-order valence-electron chi connectivity index (χ3n) is 4.29. The molecule has 26 heavy (non-hydrogen) atoms. The maximum Gasteiger partial charge on any atom is 0.255 e. The van der Waals surface area contributed by atoms with E-state index >= 15 is 0 Å². The number of morpholine rings is 1. The van der Waals surface area contributed by atoms with Crippen LogP contribution in [0.25, 0.3) is 0 Å². The van der Waals surface area contributed by atoms with E-state index < -0.39 is 0 Å². The van der Waals surface area contributed by atoms with Crippen LogP contribution in [-0.4, -0.2) is 55.2 Å². The van der Waals surface area contributed by atoms with Crippen molar-refractivity contribution in [2.45, 2.75) is 6.92 Å². The van der Waals surface area contributed by atoms with Crippen molar-refractivity contribution in [3.05, 3.63) is 52.7 Å². The summed E-state index contributed by atoms with van der Waals surface area (Å²) in [5.74, 6) is 0.497. The van der Waals surface area contributed by atoms with Crippen LogP contribution in [0, 0.1) is 6.92 Å². The fourth-order valence-electron chi connectivity index (χ4n) is 2.71. The summed E-state index contributed by atoms with van der Waals surface area (Å²) < 4.78 is 5.34. The van der Waals surface area contributed by atoms with Crippen LogP contribution in [0.15, 0.2) is 36.5 Å². The van der Waals surface area contributed by atoms with Gasteiger partial charge in [-0.1, -0.05) is 17.7 Å². The fraction of sp³-hybridized carbons (Fsp3) is 0.368. The van der Waals surface area contributed by atoms with Crippen molar-refractivity contribution in [2.24, 2.45) is 0 Å². The molecule has 2 N–H and O–H groups in total. The van der Waals surface area contributed by atoms with Gasteiger partial charge in [0.25, 0.3) is 5.91 Å². The number of aryl methyl sites for hydroxylation is 1. The van der Waals surface area contributed by atoms with E-state index in [1.807, 2.05) is 19.1 Å². The second-order valence-corrected chi connectivity index (χ2v) is 6.64. The number of carbonyl (C=O) groups excluding carboxylic acids is 1. The summed E-state index contributed by atoms with van der Waals surface area (Å²) in [6.45, 7) is 7.10. The highest BCUT2D eigenvalue weighted by Gasteiger charge is 2.11. The minimum Gasteiger partial charge on any atom is -0.379 e. The largest absolute Gasteiger partial charge is 0.379 e. The first kappa shape index (κ1) is 18.6. The smallest absolute Gasteiger partial charge is 0.255 e. The average Bonchev–Trinajstić information content (AvgIpc) is 2.66. The van der Waals surface area contributed by atoms with Crippen LogP contribution in [0.5, 0.6) is 0 Å². The van der Waals surface area contributed by atoms with E-state index in [1.165, 1.54) is 0 Å². The lowest BCUT2D eigenvalue weighted by Crippen LogP contribution is -2.39. The molecule has 0 saturated carbocycles. The standard InChI is InChI=1S/C19H23ClN4O2/c1-14-2-3-16(13-17(14)20)23-19(25)15-4-5-21-18(12-15)22-6-7-24-8-10-26-11-9-24/h2-5,12-13H,6-11H2,1H3,(H,21,22)(H,23,25). The van der Waals surface area contributed by atoms with E-state index in [9.17, 15) is 4.79 Å². The highest BCUT2D eigenvalue weighted by atomic mass is 35.5. The van der Waals surface area contributed by atoms with Crippen molar-refractivity contribution >= 4 is 29.0 Å². The quantitative estimate of drug-likeness (QED) is 0.813. The van der Waals surface area contributed by atoms with Crippen LogP contribution in [0.3, 0.4) is 0 Å². The van der Waals surface area contributed by atoms with Gasteiger partial charge in [0.15, 0.2) is 0 Å². The molecule has 1 amide bonds. The minimum absolute atomic E-state index is 0.191. The fourth-order valence-corrected chi connectivity index (χ4v) is 2.89. The van der Waals surface area contributed by atoms with E-state index in [2.05, 4.69) is 20.5 Å². The summed E-state index contributed by atoms with van der Waals surface area (Å²) in [7, 11) is 0. The van der Waals surface area contributed by atoms with Gasteiger partial charge in [-0.2, -0.15) is 0 Å². The zero-order valence-electron chi connectivity index (χ0n) is 14.8. The van der Waals surface area contributed by atoms with Gasteiger partial charge in [0, 0.05) is 48.6 Å². The van der Waals surface area contributed by atoms with Gasteiger partial charge in [-0.15, -0.1) is 0 Å². The molecule has 0 bridgehead atoms. The van der Waals surface area contributed by atoms with Crippen molar-refractivity contribution in [1.29, 1.82) is 0 Å². The predicted molar refractivity (Wildman–Crippen MR) is 104 cm³/mol. The van der Waals surface area contributed by atoms with Crippen LogP contribution in [0.4, 0.5) is 11.5 Å². The van der Waals surface area contributed by atoms with E-state index in [4.69, 9.17) is 16.3 Å². The van der Waals surface area contributed by atoms with Gasteiger partial charge >= 0.3 is 0 Å². The summed E-state index contributed by atoms with van der Waals surface area (Å²) in [4.78, 5) is 19.1. The number of carbonyl (C=O) groups is 1. The number of nitrogens with one attached hydrogen (secondary N) is 2. The third kappa shape index (κ3) is 5.17. The Balaban J connectivity index is 1.55. The Morgan fingerprint density at radius 1 is 1.27 bits per heavy atom. The zero-order chi connectivity index (χ0) is 18.4. The molecule has 1 aliphatic rings. The van der Waals surface area contributed by atoms with E-state index in [-0.39, 0.29) is 5.91 Å². The summed E-state index contributed by atoms with van der Waals surface area (Å²) in [5, 5.41) is 6.76. The molecule has 2 heterocycles. The van der Waals surface area contributed by atoms with E-state index in [0.29, 0.717) is 22.1 Å². The van der Waals surface area contributed by atoms with Crippen LogP contribution >= 0.6 is 11.6 Å². The molecule has 1 aromatic carbocycles. The Labute approximate surface area is 158 Å². The highest BCUT2D eigenvalue weighted by molar-refractivity contribution is 6.31. The van der Waals surface area contributed by atoms with Gasteiger partial charge < -0.3 is 15.4 Å². The molecule has 6 nitrogen and oxygen atoms in total. The number of benzene rings is 1. The van der Waals surface area contributed by atoms with Crippen molar-refractivity contribution in [3.63, 3.8) is 0 Å². The predicted octanol–water partition coefficient (Wildman–Crippen LogP) is 3.04. The number of halogens is 1. The number of anilines is 2. The van der Waals surface area contributed by atoms with Gasteiger partial charge in [-0.25, -0.2) is 4.98 Å². The third-order valence-corrected chi connectivity index (χ3v) is 4.70. The average molecular weight is 375 g/mol. The number of ether oxygens (including phenoxy) is 1. The summed E-state index contributed by atoms with van der Waals surface area (Å²) in [6.07, 6.45) is 1.63. The van der Waals surface area contributed by atoms with Gasteiger partial charge in [-0.3, -0.25) is 9.69 Å². The second-order valence-electron chi connectivity index (χ2n) is 6.23. The summed E-state index contributed by atoms with van der Waals surface area (Å²) in [5.41, 5.74) is 2.19. The van der Waals surface area contributed by atoms with Crippen LogP contribution in [0.1, 0.15) is 15.9 Å². The van der Waals surface area contributed by atoms with Gasteiger partial charge in [-0.05, 0) is 36.8 Å². The molecule has 1 aromatic heterocycles. The lowest BCUT2D eigenvalue weighted by Gasteiger charge is -2.26. The maximum absolute atomic E-state index is 12.5. The number of pyridine rings is 1. The van der Waals surface area contributed by atoms with E-state index in [0.717, 1.165) is 45.0 Å². The molecule has 2 aromatic rings. The first-order valence-corrected chi connectivity index (χ1v) is 9.07. The van der Waals surface area contributed by atoms with Crippen LogP contribution in [0.2, 0.25) is 5.02 Å². The number of amides is 1. The Morgan fingerprint density at radius 3 is 2.85 bits per heavy atom. The van der Waals surface area contributed by atoms with Crippen molar-refractivity contribution in [1.82, 2.24) is 9.88 Å². The molecular formula is C19H23ClN4O2. The number of rotatable bonds is 6. The number of hydrogen-bond acceptors (Lipinski definition) is 5. The molecule has 0 aliphatic carbocycles. The monoisotopic (exact) mass is 374 g/mol. The lowest BCUT2D eigenvalue weighted by atomic mass is 10.2. The minimum atomic E-state index is -0.191. The highest BCUT2D eigenvalue weighted by Crippen LogP contribution is 2.20. The van der Waals surface area contributed by atoms with Gasteiger partial charge in [0.2, 0.25) is 0 Å². The topological polar surface area (TPSA) is 66.5 Å². The maximum atomic E-state index is 12.5. The first-order chi connectivity index (χ1) is 12.6. The van der Waals surface area contributed by atoms with E-state index in [1.54, 1.807) is 24.4 Å². The number of nitrogens with zero attached hydrogens (tertiary/aromatic N) is 2. The molecular weight excluding hydrogens is 352 g/mol. The normalized spacial score (nSPS) is 14.8. The van der Waals surface area contributed by atoms with Crippen molar-refractivity contribution in [2.75, 3.05) is 50.0 Å². The Bertz CT molecular complexity index is 763. The van der Waals surface area contributed by atoms with Gasteiger partial charge in [0.05, 0.1) is 13.2 Å². The molecule has 0 spiro atoms. The number of aromatic nitrogens is 1. The molecule has 7 heteroatoms. The molecule has 0 radical (unpaired) electrons. The van der Waals surface area contributed by atoms with Gasteiger partial charge in [0.1, 0.15) is 5.82 Å². The first-order valence-electron chi connectivity index (χ1n) is 8.69. The van der Waals surface area contributed by atoms with Crippen LogP contribution < -0.4 is 10.6 Å². The van der Waals surface area contributed by atoms with Crippen molar-refractivity contribution < 1.29 is 9.53 Å². The number of hydrogen-bond donors (Lipinski definition) is 2. The molecule has 0 atom stereocenters. The molecule has 3 rings (SSSR count). The Hall–Kier alpha value is -2.15. The SMILES string of the molecule is Cc1ccc(NC(=O)c2ccnc(NCCN3CCOCC3)c2)cc1Cl. The zero-order valence-corrected chi connectivity index (χ0v) is 15.6. The summed E-state index contributed by atoms with van der Waals surface area (Å²) >= 11 is 6.11. The molecule has 1 aliphatic heterocycles. The molecule has 1 saturated heterocycles. The molecule has 138 valence electrons. The Kier molecular flexibility index (Phi) is 6.44. The van der Waals surface area contributed by atoms with Crippen molar-refractivity contribution in [3.8, 4) is 0 Å². The lowest BCUT2D eigenvalue weighted by molar-refractivity contribution is 0.0398. The second kappa shape index (κ2) is 8.98. The Morgan fingerprint density at radius 2 is 2.08 bits per heavy atom. The molecule has 1 fully saturated rings.